The number of rotatable bonds is 4. The van der Waals surface area contributed by atoms with E-state index in [1.165, 1.54) is 55.6 Å². The summed E-state index contributed by atoms with van der Waals surface area (Å²) in [5.74, 6) is 0. The zero-order chi connectivity index (χ0) is 11.0. The van der Waals surface area contributed by atoms with Crippen molar-refractivity contribution in [2.45, 2.75) is 64.0 Å². The van der Waals surface area contributed by atoms with E-state index in [-0.39, 0.29) is 0 Å². The largest absolute Gasteiger partial charge is 0.305 e. The lowest BCUT2D eigenvalue weighted by Crippen LogP contribution is -2.49. The maximum absolute atomic E-state index is 4.74. The van der Waals surface area contributed by atoms with Crippen molar-refractivity contribution in [2.24, 2.45) is 0 Å². The van der Waals surface area contributed by atoms with Crippen LogP contribution in [0.2, 0.25) is 0 Å². The minimum Gasteiger partial charge on any atom is -0.305 e. The zero-order valence-corrected chi connectivity index (χ0v) is 10.8. The molecule has 2 aliphatic rings. The third-order valence-electron chi connectivity index (χ3n) is 4.24. The number of fused-ring (bicyclic) bond motifs is 1. The van der Waals surface area contributed by atoms with Gasteiger partial charge in [0.05, 0.1) is 5.69 Å². The molecule has 1 fully saturated rings. The molecule has 1 aromatic rings. The van der Waals surface area contributed by atoms with Crippen molar-refractivity contribution < 1.29 is 0 Å². The van der Waals surface area contributed by atoms with Gasteiger partial charge in [0, 0.05) is 17.0 Å². The summed E-state index contributed by atoms with van der Waals surface area (Å²) in [7, 11) is 0. The van der Waals surface area contributed by atoms with Gasteiger partial charge in [0.25, 0.3) is 0 Å². The van der Waals surface area contributed by atoms with E-state index >= 15 is 0 Å². The van der Waals surface area contributed by atoms with Gasteiger partial charge in [0.1, 0.15) is 5.01 Å². The van der Waals surface area contributed by atoms with Crippen LogP contribution in [0.1, 0.15) is 54.6 Å². The van der Waals surface area contributed by atoms with Gasteiger partial charge in [0.2, 0.25) is 0 Å². The monoisotopic (exact) mass is 236 g/mol. The molecule has 0 unspecified atom stereocenters. The number of aryl methyl sites for hydroxylation is 2. The Bertz CT molecular complexity index is 352. The van der Waals surface area contributed by atoms with E-state index in [4.69, 9.17) is 4.98 Å². The molecule has 0 bridgehead atoms. The fourth-order valence-corrected chi connectivity index (χ4v) is 3.94. The minimum absolute atomic E-state index is 0.454. The molecule has 1 aromatic heterocycles. The molecule has 16 heavy (non-hydrogen) atoms. The molecule has 0 spiro atoms. The summed E-state index contributed by atoms with van der Waals surface area (Å²) in [6.07, 6.45) is 9.17. The number of nitrogens with zero attached hydrogens (tertiary/aromatic N) is 1. The van der Waals surface area contributed by atoms with Crippen molar-refractivity contribution in [2.75, 3.05) is 0 Å². The van der Waals surface area contributed by atoms with Crippen molar-refractivity contribution in [3.05, 3.63) is 15.6 Å². The lowest BCUT2D eigenvalue weighted by molar-refractivity contribution is 0.175. The first kappa shape index (κ1) is 10.7. The Labute approximate surface area is 101 Å². The van der Waals surface area contributed by atoms with Crippen molar-refractivity contribution in [3.63, 3.8) is 0 Å². The number of hydrogen-bond acceptors (Lipinski definition) is 3. The van der Waals surface area contributed by atoms with Crippen LogP contribution in [0.5, 0.6) is 0 Å². The van der Waals surface area contributed by atoms with Crippen LogP contribution in [-0.4, -0.2) is 10.5 Å². The number of nitrogens with one attached hydrogen (secondary N) is 1. The first-order chi connectivity index (χ1) is 7.81. The molecule has 0 saturated heterocycles. The lowest BCUT2D eigenvalue weighted by atomic mass is 9.75. The van der Waals surface area contributed by atoms with Gasteiger partial charge in [-0.3, -0.25) is 0 Å². The van der Waals surface area contributed by atoms with E-state index in [1.807, 2.05) is 11.3 Å². The van der Waals surface area contributed by atoms with Crippen molar-refractivity contribution >= 4 is 11.3 Å². The maximum atomic E-state index is 4.74. The summed E-state index contributed by atoms with van der Waals surface area (Å²) < 4.78 is 0. The molecule has 2 aliphatic carbocycles. The zero-order valence-electron chi connectivity index (χ0n) is 10.0. The molecule has 88 valence electrons. The minimum atomic E-state index is 0.454. The van der Waals surface area contributed by atoms with E-state index < -0.39 is 0 Å². The van der Waals surface area contributed by atoms with Crippen LogP contribution in [-0.2, 0) is 19.4 Å². The highest BCUT2D eigenvalue weighted by Crippen LogP contribution is 2.35. The molecule has 0 atom stereocenters. The smallest absolute Gasteiger partial charge is 0.107 e. The third-order valence-corrected chi connectivity index (χ3v) is 5.40. The highest BCUT2D eigenvalue weighted by Gasteiger charge is 2.34. The molecule has 0 aliphatic heterocycles. The van der Waals surface area contributed by atoms with E-state index in [9.17, 15) is 0 Å². The molecule has 3 heteroatoms. The number of thiazole rings is 1. The van der Waals surface area contributed by atoms with Crippen molar-refractivity contribution in [1.29, 1.82) is 0 Å². The fraction of sp³-hybridized carbons (Fsp3) is 0.769. The van der Waals surface area contributed by atoms with Crippen LogP contribution in [0.15, 0.2) is 0 Å². The highest BCUT2D eigenvalue weighted by molar-refractivity contribution is 7.11. The SMILES string of the molecule is CCC1(NCc2nc3c(s2)CCC3)CCC1. The van der Waals surface area contributed by atoms with E-state index in [1.54, 1.807) is 4.88 Å². The Kier molecular flexibility index (Phi) is 2.76. The van der Waals surface area contributed by atoms with E-state index in [0.29, 0.717) is 5.54 Å². The first-order valence-electron chi connectivity index (χ1n) is 6.54. The normalized spacial score (nSPS) is 21.8. The summed E-state index contributed by atoms with van der Waals surface area (Å²) in [6, 6.07) is 0. The molecule has 2 nitrogen and oxygen atoms in total. The summed E-state index contributed by atoms with van der Waals surface area (Å²) >= 11 is 1.93. The van der Waals surface area contributed by atoms with Crippen LogP contribution in [0.25, 0.3) is 0 Å². The van der Waals surface area contributed by atoms with Crippen LogP contribution < -0.4 is 5.32 Å². The second kappa shape index (κ2) is 4.11. The van der Waals surface area contributed by atoms with E-state index in [0.717, 1.165) is 6.54 Å². The highest BCUT2D eigenvalue weighted by atomic mass is 32.1. The summed E-state index contributed by atoms with van der Waals surface area (Å²) in [4.78, 5) is 6.29. The maximum Gasteiger partial charge on any atom is 0.107 e. The molecule has 0 radical (unpaired) electrons. The Morgan fingerprint density at radius 2 is 2.19 bits per heavy atom. The van der Waals surface area contributed by atoms with E-state index in [2.05, 4.69) is 12.2 Å². The molecule has 1 N–H and O–H groups in total. The van der Waals surface area contributed by atoms with Crippen LogP contribution in [0, 0.1) is 0 Å². The number of hydrogen-bond donors (Lipinski definition) is 1. The Balaban J connectivity index is 1.62. The summed E-state index contributed by atoms with van der Waals surface area (Å²) in [5.41, 5.74) is 1.84. The molecule has 0 aromatic carbocycles. The van der Waals surface area contributed by atoms with Crippen LogP contribution >= 0.6 is 11.3 Å². The predicted molar refractivity (Wildman–Crippen MR) is 67.9 cm³/mol. The van der Waals surface area contributed by atoms with Gasteiger partial charge in [0.15, 0.2) is 0 Å². The number of aromatic nitrogens is 1. The first-order valence-corrected chi connectivity index (χ1v) is 7.35. The molecule has 1 heterocycles. The topological polar surface area (TPSA) is 24.9 Å². The second-order valence-corrected chi connectivity index (χ2v) is 6.34. The van der Waals surface area contributed by atoms with Gasteiger partial charge in [-0.05, 0) is 44.9 Å². The van der Waals surface area contributed by atoms with Crippen molar-refractivity contribution in [3.8, 4) is 0 Å². The quantitative estimate of drug-likeness (QED) is 0.869. The summed E-state index contributed by atoms with van der Waals surface area (Å²) in [5, 5.41) is 5.04. The van der Waals surface area contributed by atoms with Gasteiger partial charge < -0.3 is 5.32 Å². The Morgan fingerprint density at radius 1 is 1.31 bits per heavy atom. The second-order valence-electron chi connectivity index (χ2n) is 5.17. The molecule has 1 saturated carbocycles. The average molecular weight is 236 g/mol. The van der Waals surface area contributed by atoms with Crippen molar-refractivity contribution in [1.82, 2.24) is 10.3 Å². The standard InChI is InChI=1S/C13H20N2S/c1-2-13(7-4-8-13)14-9-12-15-10-5-3-6-11(10)16-12/h14H,2-9H2,1H3. The molecular weight excluding hydrogens is 216 g/mol. The Morgan fingerprint density at radius 3 is 2.81 bits per heavy atom. The Hall–Kier alpha value is -0.410. The lowest BCUT2D eigenvalue weighted by Gasteiger charge is -2.42. The average Bonchev–Trinajstić information content (AvgIpc) is 2.76. The van der Waals surface area contributed by atoms with Gasteiger partial charge in [-0.25, -0.2) is 4.98 Å². The van der Waals surface area contributed by atoms with Crippen LogP contribution in [0.3, 0.4) is 0 Å². The summed E-state index contributed by atoms with van der Waals surface area (Å²) in [6.45, 7) is 3.29. The van der Waals surface area contributed by atoms with Gasteiger partial charge in [-0.15, -0.1) is 11.3 Å². The van der Waals surface area contributed by atoms with Gasteiger partial charge in [-0.2, -0.15) is 0 Å². The van der Waals surface area contributed by atoms with Gasteiger partial charge >= 0.3 is 0 Å². The van der Waals surface area contributed by atoms with Crippen LogP contribution in [0.4, 0.5) is 0 Å². The fourth-order valence-electron chi connectivity index (χ4n) is 2.84. The molecule has 3 rings (SSSR count). The van der Waals surface area contributed by atoms with Gasteiger partial charge in [-0.1, -0.05) is 6.92 Å². The molecular formula is C13H20N2S. The third kappa shape index (κ3) is 1.80. The molecule has 0 amide bonds. The predicted octanol–water partition coefficient (Wildman–Crippen LogP) is 3.05.